The molecular weight excluding hydrogens is 438 g/mol. The molecule has 0 N–H and O–H groups in total. The van der Waals surface area contributed by atoms with E-state index in [2.05, 4.69) is 33.9 Å². The van der Waals surface area contributed by atoms with Crippen molar-refractivity contribution < 1.29 is 4.79 Å². The Hall–Kier alpha value is -2.12. The standard InChI is InChI=1S/C21H20BrN3O2S/c1-3-24-20(27)16-11-15(22)8-9-17(16)23-21(24)28-12-19(26)25-13(2)10-14-6-4-5-7-18(14)25/h4-9,11,13H,3,10,12H2,1-2H3/t13-/m1/s1. The van der Waals surface area contributed by atoms with E-state index in [0.29, 0.717) is 22.6 Å². The number of thioether (sulfide) groups is 1. The van der Waals surface area contributed by atoms with Gasteiger partial charge in [-0.3, -0.25) is 14.2 Å². The fourth-order valence-electron chi connectivity index (χ4n) is 3.70. The number of rotatable bonds is 4. The van der Waals surface area contributed by atoms with E-state index in [-0.39, 0.29) is 23.3 Å². The van der Waals surface area contributed by atoms with Crippen molar-refractivity contribution in [1.82, 2.24) is 9.55 Å². The summed E-state index contributed by atoms with van der Waals surface area (Å²) in [5.41, 5.74) is 2.76. The molecule has 0 saturated carbocycles. The number of fused-ring (bicyclic) bond motifs is 2. The minimum absolute atomic E-state index is 0.0373. The third kappa shape index (κ3) is 3.37. The van der Waals surface area contributed by atoms with Crippen molar-refractivity contribution in [1.29, 1.82) is 0 Å². The summed E-state index contributed by atoms with van der Waals surface area (Å²) in [6, 6.07) is 13.7. The number of benzene rings is 2. The zero-order valence-electron chi connectivity index (χ0n) is 15.7. The molecule has 5 nitrogen and oxygen atoms in total. The minimum Gasteiger partial charge on any atom is -0.308 e. The zero-order chi connectivity index (χ0) is 19.8. The Bertz CT molecular complexity index is 1130. The Kier molecular flexibility index (Phi) is 5.29. The third-order valence-corrected chi connectivity index (χ3v) is 6.45. The quantitative estimate of drug-likeness (QED) is 0.434. The van der Waals surface area contributed by atoms with Gasteiger partial charge < -0.3 is 4.90 Å². The average Bonchev–Trinajstić information content (AvgIpc) is 3.02. The molecule has 0 radical (unpaired) electrons. The van der Waals surface area contributed by atoms with Crippen molar-refractivity contribution in [2.75, 3.05) is 10.7 Å². The molecule has 0 saturated heterocycles. The van der Waals surface area contributed by atoms with Crippen LogP contribution in [-0.2, 0) is 17.8 Å². The lowest BCUT2D eigenvalue weighted by Crippen LogP contribution is -2.37. The van der Waals surface area contributed by atoms with Crippen molar-refractivity contribution in [3.05, 3.63) is 62.9 Å². The number of halogens is 1. The lowest BCUT2D eigenvalue weighted by Gasteiger charge is -2.22. The fourth-order valence-corrected chi connectivity index (χ4v) is 4.99. The largest absolute Gasteiger partial charge is 0.308 e. The number of para-hydroxylation sites is 1. The van der Waals surface area contributed by atoms with E-state index in [0.717, 1.165) is 16.6 Å². The van der Waals surface area contributed by atoms with Crippen LogP contribution in [0.4, 0.5) is 5.69 Å². The molecule has 0 spiro atoms. The van der Waals surface area contributed by atoms with Gasteiger partial charge in [0, 0.05) is 22.7 Å². The summed E-state index contributed by atoms with van der Waals surface area (Å²) in [6.45, 7) is 4.49. The molecule has 1 amide bonds. The van der Waals surface area contributed by atoms with E-state index in [1.54, 1.807) is 10.6 Å². The van der Waals surface area contributed by atoms with Crippen molar-refractivity contribution in [2.45, 2.75) is 38.0 Å². The van der Waals surface area contributed by atoms with Crippen LogP contribution < -0.4 is 10.5 Å². The van der Waals surface area contributed by atoms with Gasteiger partial charge in [-0.15, -0.1) is 0 Å². The Morgan fingerprint density at radius 1 is 1.29 bits per heavy atom. The van der Waals surface area contributed by atoms with Gasteiger partial charge in [0.25, 0.3) is 5.56 Å². The summed E-state index contributed by atoms with van der Waals surface area (Å²) in [5, 5.41) is 1.16. The number of carbonyl (C=O) groups is 1. The van der Waals surface area contributed by atoms with Crippen LogP contribution in [0.5, 0.6) is 0 Å². The van der Waals surface area contributed by atoms with Crippen molar-refractivity contribution in [2.24, 2.45) is 0 Å². The number of aromatic nitrogens is 2. The smallest absolute Gasteiger partial charge is 0.262 e. The SMILES string of the molecule is CCn1c(SCC(=O)N2c3ccccc3C[C@H]2C)nc2ccc(Br)cc2c1=O. The molecule has 4 rings (SSSR count). The fraction of sp³-hybridized carbons (Fsp3) is 0.286. The van der Waals surface area contributed by atoms with E-state index in [4.69, 9.17) is 0 Å². The van der Waals surface area contributed by atoms with E-state index >= 15 is 0 Å². The van der Waals surface area contributed by atoms with Gasteiger partial charge in [0.05, 0.1) is 16.7 Å². The molecule has 1 atom stereocenters. The summed E-state index contributed by atoms with van der Waals surface area (Å²) in [6.07, 6.45) is 0.870. The first-order chi connectivity index (χ1) is 13.5. The molecule has 0 fully saturated rings. The van der Waals surface area contributed by atoms with Crippen LogP contribution in [0.1, 0.15) is 19.4 Å². The Morgan fingerprint density at radius 2 is 2.07 bits per heavy atom. The minimum atomic E-state index is -0.0800. The Balaban J connectivity index is 1.62. The first kappa shape index (κ1) is 19.2. The molecule has 7 heteroatoms. The molecule has 0 bridgehead atoms. The number of hydrogen-bond donors (Lipinski definition) is 0. The molecule has 3 aromatic rings. The number of hydrogen-bond acceptors (Lipinski definition) is 4. The number of nitrogens with zero attached hydrogens (tertiary/aromatic N) is 3. The van der Waals surface area contributed by atoms with E-state index < -0.39 is 0 Å². The van der Waals surface area contributed by atoms with Crippen molar-refractivity contribution >= 4 is 50.2 Å². The summed E-state index contributed by atoms with van der Waals surface area (Å²) in [4.78, 5) is 32.3. The molecule has 2 aromatic carbocycles. The second-order valence-electron chi connectivity index (χ2n) is 6.84. The molecule has 1 aromatic heterocycles. The highest BCUT2D eigenvalue weighted by atomic mass is 79.9. The van der Waals surface area contributed by atoms with Gasteiger partial charge in [0.2, 0.25) is 5.91 Å². The molecule has 1 aliphatic heterocycles. The van der Waals surface area contributed by atoms with Gasteiger partial charge in [-0.05, 0) is 50.1 Å². The maximum absolute atomic E-state index is 13.0. The first-order valence-electron chi connectivity index (χ1n) is 9.22. The number of anilines is 1. The topological polar surface area (TPSA) is 55.2 Å². The van der Waals surface area contributed by atoms with Gasteiger partial charge in [-0.2, -0.15) is 0 Å². The van der Waals surface area contributed by atoms with E-state index in [1.165, 1.54) is 17.3 Å². The second-order valence-corrected chi connectivity index (χ2v) is 8.70. The maximum atomic E-state index is 13.0. The molecular formula is C21H20BrN3O2S. The predicted octanol–water partition coefficient (Wildman–Crippen LogP) is 4.25. The van der Waals surface area contributed by atoms with Gasteiger partial charge in [0.15, 0.2) is 5.16 Å². The average molecular weight is 458 g/mol. The summed E-state index contributed by atoms with van der Waals surface area (Å²) >= 11 is 4.73. The van der Waals surface area contributed by atoms with Crippen LogP contribution in [0.15, 0.2) is 56.9 Å². The van der Waals surface area contributed by atoms with E-state index in [9.17, 15) is 9.59 Å². The molecule has 0 aliphatic carbocycles. The lowest BCUT2D eigenvalue weighted by molar-refractivity contribution is -0.116. The van der Waals surface area contributed by atoms with Crippen LogP contribution in [0, 0.1) is 0 Å². The highest BCUT2D eigenvalue weighted by molar-refractivity contribution is 9.10. The number of amides is 1. The summed E-state index contributed by atoms with van der Waals surface area (Å²) in [7, 11) is 0. The summed E-state index contributed by atoms with van der Waals surface area (Å²) in [5.74, 6) is 0.280. The highest BCUT2D eigenvalue weighted by Crippen LogP contribution is 2.32. The van der Waals surface area contributed by atoms with Crippen LogP contribution in [-0.4, -0.2) is 27.3 Å². The molecule has 1 aliphatic rings. The van der Waals surface area contributed by atoms with Crippen LogP contribution in [0.3, 0.4) is 0 Å². The van der Waals surface area contributed by atoms with Crippen LogP contribution in [0.25, 0.3) is 10.9 Å². The first-order valence-corrected chi connectivity index (χ1v) is 11.0. The molecule has 144 valence electrons. The monoisotopic (exact) mass is 457 g/mol. The number of carbonyl (C=O) groups excluding carboxylic acids is 1. The normalized spacial score (nSPS) is 15.8. The molecule has 0 unspecified atom stereocenters. The van der Waals surface area contributed by atoms with Crippen molar-refractivity contribution in [3.8, 4) is 0 Å². The van der Waals surface area contributed by atoms with Crippen LogP contribution >= 0.6 is 27.7 Å². The molecule has 2 heterocycles. The lowest BCUT2D eigenvalue weighted by atomic mass is 10.1. The van der Waals surface area contributed by atoms with Gasteiger partial charge in [-0.1, -0.05) is 45.9 Å². The van der Waals surface area contributed by atoms with Gasteiger partial charge >= 0.3 is 0 Å². The summed E-state index contributed by atoms with van der Waals surface area (Å²) < 4.78 is 2.48. The van der Waals surface area contributed by atoms with Crippen LogP contribution in [0.2, 0.25) is 0 Å². The Morgan fingerprint density at radius 3 is 2.86 bits per heavy atom. The predicted molar refractivity (Wildman–Crippen MR) is 117 cm³/mol. The third-order valence-electron chi connectivity index (χ3n) is 5.00. The highest BCUT2D eigenvalue weighted by Gasteiger charge is 2.30. The van der Waals surface area contributed by atoms with Gasteiger partial charge in [0.1, 0.15) is 0 Å². The van der Waals surface area contributed by atoms with Crippen molar-refractivity contribution in [3.63, 3.8) is 0 Å². The van der Waals surface area contributed by atoms with E-state index in [1.807, 2.05) is 42.2 Å². The molecule has 28 heavy (non-hydrogen) atoms. The van der Waals surface area contributed by atoms with Gasteiger partial charge in [-0.25, -0.2) is 4.98 Å². The maximum Gasteiger partial charge on any atom is 0.262 e. The Labute approximate surface area is 175 Å². The second kappa shape index (κ2) is 7.72. The zero-order valence-corrected chi connectivity index (χ0v) is 18.1.